The van der Waals surface area contributed by atoms with Gasteiger partial charge in [0.05, 0.1) is 5.69 Å². The Morgan fingerprint density at radius 3 is 2.40 bits per heavy atom. The number of hydrogen-bond acceptors (Lipinski definition) is 3. The van der Waals surface area contributed by atoms with E-state index in [0.717, 1.165) is 22.6 Å². The summed E-state index contributed by atoms with van der Waals surface area (Å²) in [5.41, 5.74) is 2.75. The minimum Gasteiger partial charge on any atom is -0.457 e. The second-order valence-electron chi connectivity index (χ2n) is 4.43. The molecule has 15 heavy (non-hydrogen) atoms. The monoisotopic (exact) mass is 204 g/mol. The summed E-state index contributed by atoms with van der Waals surface area (Å²) in [5.74, 6) is 1.73. The van der Waals surface area contributed by atoms with Crippen LogP contribution in [0, 0.1) is 0 Å². The normalized spacial score (nSPS) is 11.9. The molecule has 0 atom stereocenters. The highest BCUT2D eigenvalue weighted by Crippen LogP contribution is 2.27. The summed E-state index contributed by atoms with van der Waals surface area (Å²) < 4.78 is 5.80. The maximum Gasteiger partial charge on any atom is 0.174 e. The third-order valence-corrected chi connectivity index (χ3v) is 2.47. The number of rotatable bonds is 2. The van der Waals surface area contributed by atoms with Crippen molar-refractivity contribution in [1.82, 2.24) is 9.97 Å². The molecule has 2 heterocycles. The van der Waals surface area contributed by atoms with Gasteiger partial charge in [-0.1, -0.05) is 27.7 Å². The van der Waals surface area contributed by atoms with Gasteiger partial charge in [0.2, 0.25) is 0 Å². The van der Waals surface area contributed by atoms with E-state index in [1.807, 2.05) is 6.07 Å². The van der Waals surface area contributed by atoms with Gasteiger partial charge in [0.25, 0.3) is 0 Å². The molecule has 0 aliphatic carbocycles. The van der Waals surface area contributed by atoms with E-state index >= 15 is 0 Å². The minimum atomic E-state index is 0.363. The van der Waals surface area contributed by atoms with Crippen molar-refractivity contribution < 1.29 is 4.42 Å². The first-order chi connectivity index (χ1) is 7.09. The van der Waals surface area contributed by atoms with E-state index in [0.29, 0.717) is 11.8 Å². The molecule has 0 aromatic carbocycles. The van der Waals surface area contributed by atoms with E-state index in [9.17, 15) is 0 Å². The largest absolute Gasteiger partial charge is 0.457 e. The summed E-state index contributed by atoms with van der Waals surface area (Å²) in [7, 11) is 0. The number of fused-ring (bicyclic) bond motifs is 1. The minimum absolute atomic E-state index is 0.363. The van der Waals surface area contributed by atoms with Gasteiger partial charge in [-0.15, -0.1) is 0 Å². The van der Waals surface area contributed by atoms with Crippen LogP contribution in [-0.4, -0.2) is 9.97 Å². The fourth-order valence-electron chi connectivity index (χ4n) is 1.59. The van der Waals surface area contributed by atoms with Gasteiger partial charge < -0.3 is 4.42 Å². The summed E-state index contributed by atoms with van der Waals surface area (Å²) in [6.07, 6.45) is 1.61. The molecule has 0 saturated carbocycles. The van der Waals surface area contributed by atoms with E-state index in [2.05, 4.69) is 37.7 Å². The zero-order chi connectivity index (χ0) is 11.0. The first-order valence-electron chi connectivity index (χ1n) is 5.34. The van der Waals surface area contributed by atoms with Crippen LogP contribution in [0.5, 0.6) is 0 Å². The lowest BCUT2D eigenvalue weighted by molar-refractivity contribution is 0.515. The van der Waals surface area contributed by atoms with Crippen molar-refractivity contribution in [2.75, 3.05) is 0 Å². The fraction of sp³-hybridized carbons (Fsp3) is 0.500. The van der Waals surface area contributed by atoms with Gasteiger partial charge in [0.1, 0.15) is 17.6 Å². The molecule has 0 bridgehead atoms. The van der Waals surface area contributed by atoms with Crippen LogP contribution in [0.3, 0.4) is 0 Å². The molecule has 2 rings (SSSR count). The van der Waals surface area contributed by atoms with E-state index in [1.165, 1.54) is 0 Å². The molecule has 2 aromatic heterocycles. The molecule has 0 N–H and O–H groups in total. The van der Waals surface area contributed by atoms with Gasteiger partial charge in [0, 0.05) is 12.0 Å². The predicted octanol–water partition coefficient (Wildman–Crippen LogP) is 3.47. The number of aromatic nitrogens is 2. The van der Waals surface area contributed by atoms with Crippen LogP contribution in [-0.2, 0) is 0 Å². The van der Waals surface area contributed by atoms with Crippen molar-refractivity contribution in [3.8, 4) is 0 Å². The van der Waals surface area contributed by atoms with E-state index < -0.39 is 0 Å². The highest BCUT2D eigenvalue weighted by atomic mass is 16.3. The van der Waals surface area contributed by atoms with Crippen LogP contribution in [0.15, 0.2) is 16.8 Å². The number of nitrogens with zero attached hydrogens (tertiary/aromatic N) is 2. The van der Waals surface area contributed by atoms with Gasteiger partial charge in [-0.2, -0.15) is 0 Å². The molecular weight excluding hydrogens is 188 g/mol. The van der Waals surface area contributed by atoms with Crippen LogP contribution in [0.25, 0.3) is 11.1 Å². The Morgan fingerprint density at radius 1 is 1.07 bits per heavy atom. The molecule has 0 aliphatic rings. The van der Waals surface area contributed by atoms with E-state index in [-0.39, 0.29) is 0 Å². The summed E-state index contributed by atoms with van der Waals surface area (Å²) in [5, 5.41) is 0. The molecule has 2 aromatic rings. The quantitative estimate of drug-likeness (QED) is 0.751. The zero-order valence-corrected chi connectivity index (χ0v) is 9.61. The van der Waals surface area contributed by atoms with E-state index in [4.69, 9.17) is 4.42 Å². The van der Waals surface area contributed by atoms with Crippen LogP contribution < -0.4 is 0 Å². The third kappa shape index (κ3) is 1.74. The highest BCUT2D eigenvalue weighted by molar-refractivity contribution is 5.75. The van der Waals surface area contributed by atoms with Gasteiger partial charge in [-0.05, 0) is 5.92 Å². The van der Waals surface area contributed by atoms with Crippen LogP contribution in [0.1, 0.15) is 51.0 Å². The average Bonchev–Trinajstić information content (AvgIpc) is 2.60. The summed E-state index contributed by atoms with van der Waals surface area (Å²) in [6, 6.07) is 2.01. The van der Waals surface area contributed by atoms with Crippen molar-refractivity contribution in [3.63, 3.8) is 0 Å². The average molecular weight is 204 g/mol. The Morgan fingerprint density at radius 2 is 1.80 bits per heavy atom. The molecule has 0 radical (unpaired) electrons. The zero-order valence-electron chi connectivity index (χ0n) is 9.61. The molecule has 0 unspecified atom stereocenters. The van der Waals surface area contributed by atoms with Gasteiger partial charge in [0.15, 0.2) is 5.58 Å². The SMILES string of the molecule is CC(C)c1cc2ncnc(C(C)C)c2o1. The summed E-state index contributed by atoms with van der Waals surface area (Å²) >= 11 is 0. The van der Waals surface area contributed by atoms with Crippen LogP contribution >= 0.6 is 0 Å². The Kier molecular flexibility index (Phi) is 2.47. The molecule has 0 fully saturated rings. The molecule has 0 aliphatic heterocycles. The van der Waals surface area contributed by atoms with Gasteiger partial charge in [-0.25, -0.2) is 9.97 Å². The van der Waals surface area contributed by atoms with Crippen molar-refractivity contribution in [2.24, 2.45) is 0 Å². The van der Waals surface area contributed by atoms with Crippen molar-refractivity contribution >= 4 is 11.1 Å². The molecule has 80 valence electrons. The smallest absolute Gasteiger partial charge is 0.174 e. The van der Waals surface area contributed by atoms with Crippen LogP contribution in [0.2, 0.25) is 0 Å². The molecule has 0 amide bonds. The summed E-state index contributed by atoms with van der Waals surface area (Å²) in [4.78, 5) is 8.50. The number of hydrogen-bond donors (Lipinski definition) is 0. The van der Waals surface area contributed by atoms with Crippen molar-refractivity contribution in [3.05, 3.63) is 23.8 Å². The van der Waals surface area contributed by atoms with E-state index in [1.54, 1.807) is 6.33 Å². The van der Waals surface area contributed by atoms with Gasteiger partial charge in [-0.3, -0.25) is 0 Å². The summed E-state index contributed by atoms with van der Waals surface area (Å²) in [6.45, 7) is 8.44. The van der Waals surface area contributed by atoms with Crippen molar-refractivity contribution in [2.45, 2.75) is 39.5 Å². The lowest BCUT2D eigenvalue weighted by atomic mass is 10.1. The predicted molar refractivity (Wildman–Crippen MR) is 60.0 cm³/mol. The molecule has 0 spiro atoms. The Hall–Kier alpha value is -1.38. The standard InChI is InChI=1S/C12H16N2O/c1-7(2)10-5-9-12(15-10)11(8(3)4)14-6-13-9/h5-8H,1-4H3. The molecular formula is C12H16N2O. The molecule has 0 saturated heterocycles. The lowest BCUT2D eigenvalue weighted by Gasteiger charge is -2.03. The Balaban J connectivity index is 2.64. The maximum atomic E-state index is 5.80. The van der Waals surface area contributed by atoms with Crippen LogP contribution in [0.4, 0.5) is 0 Å². The second-order valence-corrected chi connectivity index (χ2v) is 4.43. The highest BCUT2D eigenvalue weighted by Gasteiger charge is 2.14. The lowest BCUT2D eigenvalue weighted by Crippen LogP contribution is -1.93. The van der Waals surface area contributed by atoms with Crippen molar-refractivity contribution in [1.29, 1.82) is 0 Å². The Bertz CT molecular complexity index is 471. The third-order valence-electron chi connectivity index (χ3n) is 2.47. The first kappa shape index (κ1) is 10.1. The second kappa shape index (κ2) is 3.65. The number of furan rings is 1. The first-order valence-corrected chi connectivity index (χ1v) is 5.34. The fourth-order valence-corrected chi connectivity index (χ4v) is 1.59. The maximum absolute atomic E-state index is 5.80. The molecule has 3 nitrogen and oxygen atoms in total. The topological polar surface area (TPSA) is 38.9 Å². The Labute approximate surface area is 89.5 Å². The van der Waals surface area contributed by atoms with Gasteiger partial charge >= 0.3 is 0 Å². The molecule has 3 heteroatoms.